The maximum absolute atomic E-state index is 12.6. The van der Waals surface area contributed by atoms with Gasteiger partial charge < -0.3 is 10.2 Å². The molecule has 1 N–H and O–H groups in total. The molecule has 2 aliphatic heterocycles. The van der Waals surface area contributed by atoms with Crippen molar-refractivity contribution in [3.8, 4) is 0 Å². The fourth-order valence-electron chi connectivity index (χ4n) is 3.45. The van der Waals surface area contributed by atoms with Gasteiger partial charge in [0.25, 0.3) is 0 Å². The Labute approximate surface area is 115 Å². The van der Waals surface area contributed by atoms with Gasteiger partial charge in [0, 0.05) is 25.7 Å². The lowest BCUT2D eigenvalue weighted by molar-refractivity contribution is -0.134. The molecule has 0 aliphatic carbocycles. The first-order valence-corrected chi connectivity index (χ1v) is 7.30. The zero-order chi connectivity index (χ0) is 13.2. The Morgan fingerprint density at radius 3 is 3.05 bits per heavy atom. The molecule has 0 bridgehead atoms. The summed E-state index contributed by atoms with van der Waals surface area (Å²) < 4.78 is 0. The highest BCUT2D eigenvalue weighted by Gasteiger charge is 2.37. The van der Waals surface area contributed by atoms with Crippen molar-refractivity contribution in [2.75, 3.05) is 19.6 Å². The standard InChI is InChI=1S/C16H22N2O/c1-12-5-2-3-6-13(12)9-16(19)18-8-4-7-14-10-17-11-15(14)18/h2-3,5-6,14-15,17H,4,7-11H2,1H3. The molecular weight excluding hydrogens is 236 g/mol. The van der Waals surface area contributed by atoms with Crippen LogP contribution in [0.25, 0.3) is 0 Å². The Kier molecular flexibility index (Phi) is 3.56. The van der Waals surface area contributed by atoms with E-state index in [0.29, 0.717) is 24.3 Å². The molecule has 1 aromatic rings. The van der Waals surface area contributed by atoms with Crippen LogP contribution in [0.2, 0.25) is 0 Å². The summed E-state index contributed by atoms with van der Waals surface area (Å²) in [5.74, 6) is 0.974. The van der Waals surface area contributed by atoms with E-state index in [-0.39, 0.29) is 0 Å². The molecule has 0 radical (unpaired) electrons. The average molecular weight is 258 g/mol. The van der Waals surface area contributed by atoms with E-state index in [9.17, 15) is 4.79 Å². The number of nitrogens with zero attached hydrogens (tertiary/aromatic N) is 1. The first-order chi connectivity index (χ1) is 9.25. The second-order valence-electron chi connectivity index (χ2n) is 5.82. The molecule has 1 aromatic carbocycles. The van der Waals surface area contributed by atoms with Crippen LogP contribution >= 0.6 is 0 Å². The van der Waals surface area contributed by atoms with Crippen molar-refractivity contribution in [3.63, 3.8) is 0 Å². The third-order valence-corrected chi connectivity index (χ3v) is 4.60. The fourth-order valence-corrected chi connectivity index (χ4v) is 3.45. The molecule has 0 aromatic heterocycles. The molecule has 2 atom stereocenters. The molecule has 2 unspecified atom stereocenters. The van der Waals surface area contributed by atoms with Crippen molar-refractivity contribution in [3.05, 3.63) is 35.4 Å². The Morgan fingerprint density at radius 2 is 2.21 bits per heavy atom. The smallest absolute Gasteiger partial charge is 0.227 e. The summed E-state index contributed by atoms with van der Waals surface area (Å²) in [4.78, 5) is 14.7. The minimum atomic E-state index is 0.299. The number of hydrogen-bond acceptors (Lipinski definition) is 2. The predicted octanol–water partition coefficient (Wildman–Crippen LogP) is 1.75. The number of amides is 1. The van der Waals surface area contributed by atoms with Crippen LogP contribution in [0.5, 0.6) is 0 Å². The monoisotopic (exact) mass is 258 g/mol. The lowest BCUT2D eigenvalue weighted by atomic mass is 9.91. The van der Waals surface area contributed by atoms with Crippen LogP contribution in [0.15, 0.2) is 24.3 Å². The van der Waals surface area contributed by atoms with Gasteiger partial charge in [-0.1, -0.05) is 24.3 Å². The van der Waals surface area contributed by atoms with E-state index >= 15 is 0 Å². The van der Waals surface area contributed by atoms with Crippen molar-refractivity contribution < 1.29 is 4.79 Å². The molecule has 2 heterocycles. The number of carbonyl (C=O) groups excluding carboxylic acids is 1. The van der Waals surface area contributed by atoms with E-state index < -0.39 is 0 Å². The molecule has 1 amide bonds. The summed E-state index contributed by atoms with van der Waals surface area (Å²) in [6, 6.07) is 8.64. The molecule has 3 heteroatoms. The van der Waals surface area contributed by atoms with Crippen molar-refractivity contribution in [1.82, 2.24) is 10.2 Å². The number of likely N-dealkylation sites (tertiary alicyclic amines) is 1. The van der Waals surface area contributed by atoms with Crippen LogP contribution < -0.4 is 5.32 Å². The SMILES string of the molecule is Cc1ccccc1CC(=O)N1CCCC2CNCC21. The van der Waals surface area contributed by atoms with E-state index in [1.165, 1.54) is 17.5 Å². The van der Waals surface area contributed by atoms with Gasteiger partial charge in [-0.25, -0.2) is 0 Å². The molecule has 3 nitrogen and oxygen atoms in total. The summed E-state index contributed by atoms with van der Waals surface area (Å²) >= 11 is 0. The minimum absolute atomic E-state index is 0.299. The summed E-state index contributed by atoms with van der Waals surface area (Å²) in [6.45, 7) is 5.08. The van der Waals surface area contributed by atoms with Gasteiger partial charge in [-0.15, -0.1) is 0 Å². The highest BCUT2D eigenvalue weighted by atomic mass is 16.2. The topological polar surface area (TPSA) is 32.3 Å². The van der Waals surface area contributed by atoms with Crippen molar-refractivity contribution >= 4 is 5.91 Å². The first kappa shape index (κ1) is 12.7. The van der Waals surface area contributed by atoms with Crippen LogP contribution in [-0.4, -0.2) is 36.5 Å². The van der Waals surface area contributed by atoms with E-state index in [1.54, 1.807) is 0 Å². The molecule has 2 fully saturated rings. The van der Waals surface area contributed by atoms with Gasteiger partial charge in [0.1, 0.15) is 0 Å². The van der Waals surface area contributed by atoms with Crippen molar-refractivity contribution in [2.45, 2.75) is 32.2 Å². The van der Waals surface area contributed by atoms with Gasteiger partial charge in [0.2, 0.25) is 5.91 Å². The molecule has 2 aliphatic rings. The second kappa shape index (κ2) is 5.33. The largest absolute Gasteiger partial charge is 0.338 e. The molecule has 2 saturated heterocycles. The van der Waals surface area contributed by atoms with Gasteiger partial charge in [-0.05, 0) is 36.8 Å². The van der Waals surface area contributed by atoms with Gasteiger partial charge in [-0.3, -0.25) is 4.79 Å². The lowest BCUT2D eigenvalue weighted by Crippen LogP contribution is -2.48. The number of benzene rings is 1. The number of piperidine rings is 1. The van der Waals surface area contributed by atoms with Crippen LogP contribution in [0.1, 0.15) is 24.0 Å². The van der Waals surface area contributed by atoms with Gasteiger partial charge >= 0.3 is 0 Å². The summed E-state index contributed by atoms with van der Waals surface area (Å²) in [5, 5.41) is 3.43. The average Bonchev–Trinajstić information content (AvgIpc) is 2.89. The van der Waals surface area contributed by atoms with Gasteiger partial charge in [0.05, 0.1) is 6.42 Å². The highest BCUT2D eigenvalue weighted by molar-refractivity contribution is 5.79. The number of rotatable bonds is 2. The third-order valence-electron chi connectivity index (χ3n) is 4.60. The predicted molar refractivity (Wildman–Crippen MR) is 76.0 cm³/mol. The highest BCUT2D eigenvalue weighted by Crippen LogP contribution is 2.27. The normalized spacial score (nSPS) is 26.3. The maximum atomic E-state index is 12.6. The van der Waals surface area contributed by atoms with E-state index in [0.717, 1.165) is 26.1 Å². The zero-order valence-corrected chi connectivity index (χ0v) is 11.6. The van der Waals surface area contributed by atoms with Crippen LogP contribution in [0.4, 0.5) is 0 Å². The number of hydrogen-bond donors (Lipinski definition) is 1. The lowest BCUT2D eigenvalue weighted by Gasteiger charge is -2.37. The Balaban J connectivity index is 1.71. The maximum Gasteiger partial charge on any atom is 0.227 e. The van der Waals surface area contributed by atoms with Gasteiger partial charge in [-0.2, -0.15) is 0 Å². The fraction of sp³-hybridized carbons (Fsp3) is 0.562. The van der Waals surface area contributed by atoms with Crippen LogP contribution in [0, 0.1) is 12.8 Å². The Hall–Kier alpha value is -1.35. The number of carbonyl (C=O) groups is 1. The number of fused-ring (bicyclic) bond motifs is 1. The van der Waals surface area contributed by atoms with Crippen LogP contribution in [0.3, 0.4) is 0 Å². The molecular formula is C16H22N2O. The number of nitrogens with one attached hydrogen (secondary N) is 1. The van der Waals surface area contributed by atoms with E-state index in [2.05, 4.69) is 29.3 Å². The third kappa shape index (κ3) is 2.52. The molecule has 0 spiro atoms. The van der Waals surface area contributed by atoms with Crippen molar-refractivity contribution in [2.24, 2.45) is 5.92 Å². The van der Waals surface area contributed by atoms with Gasteiger partial charge in [0.15, 0.2) is 0 Å². The van der Waals surface area contributed by atoms with Crippen molar-refractivity contribution in [1.29, 1.82) is 0 Å². The quantitative estimate of drug-likeness (QED) is 0.876. The molecule has 102 valence electrons. The Bertz CT molecular complexity index is 472. The summed E-state index contributed by atoms with van der Waals surface area (Å²) in [6.07, 6.45) is 2.98. The van der Waals surface area contributed by atoms with Crippen LogP contribution in [-0.2, 0) is 11.2 Å². The van der Waals surface area contributed by atoms with E-state index in [4.69, 9.17) is 0 Å². The van der Waals surface area contributed by atoms with E-state index in [1.807, 2.05) is 12.1 Å². The first-order valence-electron chi connectivity index (χ1n) is 7.30. The summed E-state index contributed by atoms with van der Waals surface area (Å²) in [5.41, 5.74) is 2.38. The summed E-state index contributed by atoms with van der Waals surface area (Å²) in [7, 11) is 0. The molecule has 3 rings (SSSR count). The number of aryl methyl sites for hydroxylation is 1. The zero-order valence-electron chi connectivity index (χ0n) is 11.6. The Morgan fingerprint density at radius 1 is 1.37 bits per heavy atom. The second-order valence-corrected chi connectivity index (χ2v) is 5.82. The molecule has 0 saturated carbocycles. The molecule has 19 heavy (non-hydrogen) atoms. The minimum Gasteiger partial charge on any atom is -0.338 e.